The molecule has 1 aliphatic rings. The molecule has 0 aromatic heterocycles. The lowest BCUT2D eigenvalue weighted by molar-refractivity contribution is -0.118. The van der Waals surface area contributed by atoms with E-state index in [9.17, 15) is 4.79 Å². The van der Waals surface area contributed by atoms with Crippen molar-refractivity contribution in [1.29, 1.82) is 0 Å². The number of nitrogens with zero attached hydrogens (tertiary/aromatic N) is 1. The highest BCUT2D eigenvalue weighted by Crippen LogP contribution is 2.26. The van der Waals surface area contributed by atoms with Gasteiger partial charge in [0.2, 0.25) is 5.91 Å². The Morgan fingerprint density at radius 2 is 1.70 bits per heavy atom. The third kappa shape index (κ3) is 6.15. The summed E-state index contributed by atoms with van der Waals surface area (Å²) in [4.78, 5) is 13.3. The lowest BCUT2D eigenvalue weighted by Gasteiger charge is -2.24. The molecule has 0 saturated carbocycles. The van der Waals surface area contributed by atoms with Crippen LogP contribution in [0.5, 0.6) is 17.2 Å². The van der Waals surface area contributed by atoms with Crippen molar-refractivity contribution in [3.05, 3.63) is 53.6 Å². The van der Waals surface area contributed by atoms with Gasteiger partial charge in [0.05, 0.1) is 0 Å². The zero-order valence-electron chi connectivity index (χ0n) is 15.3. The molecule has 1 heterocycles. The average Bonchev–Trinajstić information content (AvgIpc) is 3.10. The van der Waals surface area contributed by atoms with Gasteiger partial charge in [0, 0.05) is 17.5 Å². The second-order valence-corrected chi connectivity index (χ2v) is 7.18. The second-order valence-electron chi connectivity index (χ2n) is 6.74. The van der Waals surface area contributed by atoms with Gasteiger partial charge in [-0.1, -0.05) is 11.6 Å². The maximum Gasteiger partial charge on any atom is 0.217 e. The molecule has 1 aliphatic heterocycles. The molecule has 6 heteroatoms. The molecule has 1 saturated heterocycles. The summed E-state index contributed by atoms with van der Waals surface area (Å²) in [6.07, 6.45) is 3.54. The monoisotopic (exact) mass is 388 g/mol. The van der Waals surface area contributed by atoms with Crippen molar-refractivity contribution in [3.63, 3.8) is 0 Å². The van der Waals surface area contributed by atoms with E-state index in [1.54, 1.807) is 12.1 Å². The van der Waals surface area contributed by atoms with E-state index in [1.165, 1.54) is 6.42 Å². The van der Waals surface area contributed by atoms with E-state index >= 15 is 0 Å². The summed E-state index contributed by atoms with van der Waals surface area (Å²) < 4.78 is 11.7. The van der Waals surface area contributed by atoms with E-state index in [2.05, 4.69) is 4.90 Å². The van der Waals surface area contributed by atoms with Gasteiger partial charge in [0.25, 0.3) is 0 Å². The van der Waals surface area contributed by atoms with Crippen LogP contribution >= 0.6 is 11.6 Å². The largest absolute Gasteiger partial charge is 0.492 e. The van der Waals surface area contributed by atoms with Crippen LogP contribution < -0.4 is 15.2 Å². The molecule has 1 fully saturated rings. The summed E-state index contributed by atoms with van der Waals surface area (Å²) in [6, 6.07) is 15.3. The molecule has 27 heavy (non-hydrogen) atoms. The van der Waals surface area contributed by atoms with Gasteiger partial charge >= 0.3 is 0 Å². The third-order valence-electron chi connectivity index (χ3n) is 4.68. The van der Waals surface area contributed by atoms with Crippen molar-refractivity contribution < 1.29 is 14.3 Å². The first-order chi connectivity index (χ1) is 13.1. The van der Waals surface area contributed by atoms with Gasteiger partial charge < -0.3 is 15.2 Å². The smallest absolute Gasteiger partial charge is 0.217 e. The highest BCUT2D eigenvalue weighted by atomic mass is 35.5. The molecule has 0 spiro atoms. The summed E-state index contributed by atoms with van der Waals surface area (Å²) in [5, 5.41) is 0.682. The van der Waals surface area contributed by atoms with Crippen molar-refractivity contribution in [1.82, 2.24) is 4.90 Å². The third-order valence-corrected chi connectivity index (χ3v) is 4.94. The van der Waals surface area contributed by atoms with Crippen molar-refractivity contribution in [2.75, 3.05) is 19.7 Å². The molecule has 5 nitrogen and oxygen atoms in total. The lowest BCUT2D eigenvalue weighted by atomic mass is 10.2. The van der Waals surface area contributed by atoms with Crippen molar-refractivity contribution >= 4 is 17.5 Å². The highest BCUT2D eigenvalue weighted by molar-refractivity contribution is 6.30. The lowest BCUT2D eigenvalue weighted by Crippen LogP contribution is -2.35. The summed E-state index contributed by atoms with van der Waals surface area (Å²) in [7, 11) is 0. The number of benzene rings is 2. The first-order valence-electron chi connectivity index (χ1n) is 9.29. The Morgan fingerprint density at radius 3 is 2.37 bits per heavy atom. The van der Waals surface area contributed by atoms with Gasteiger partial charge in [-0.2, -0.15) is 0 Å². The molecule has 1 atom stereocenters. The molecule has 0 bridgehead atoms. The van der Waals surface area contributed by atoms with Gasteiger partial charge in [-0.05, 0) is 80.9 Å². The molecular formula is C21H25ClN2O3. The van der Waals surface area contributed by atoms with Gasteiger partial charge in [0.15, 0.2) is 0 Å². The fraction of sp³-hybridized carbons (Fsp3) is 0.381. The molecule has 2 aromatic rings. The first-order valence-corrected chi connectivity index (χ1v) is 9.66. The van der Waals surface area contributed by atoms with Gasteiger partial charge in [-0.3, -0.25) is 9.69 Å². The SMILES string of the molecule is NC(=O)CCCN1CCCC1COc1ccc(Oc2ccc(Cl)cc2)cc1. The van der Waals surface area contributed by atoms with Crippen molar-refractivity contribution in [2.45, 2.75) is 31.7 Å². The topological polar surface area (TPSA) is 64.8 Å². The van der Waals surface area contributed by atoms with Gasteiger partial charge in [-0.15, -0.1) is 0 Å². The molecular weight excluding hydrogens is 364 g/mol. The van der Waals surface area contributed by atoms with E-state index in [-0.39, 0.29) is 5.91 Å². The summed E-state index contributed by atoms with van der Waals surface area (Å²) in [5.41, 5.74) is 5.22. The van der Waals surface area contributed by atoms with Crippen LogP contribution in [0.4, 0.5) is 0 Å². The number of rotatable bonds is 9. The van der Waals surface area contributed by atoms with Crippen molar-refractivity contribution in [2.24, 2.45) is 5.73 Å². The number of halogens is 1. The van der Waals surface area contributed by atoms with Crippen LogP contribution in [0.1, 0.15) is 25.7 Å². The average molecular weight is 389 g/mol. The number of carbonyl (C=O) groups is 1. The predicted octanol–water partition coefficient (Wildman–Crippen LogP) is 4.24. The van der Waals surface area contributed by atoms with Crippen LogP contribution in [-0.4, -0.2) is 36.5 Å². The molecule has 1 amide bonds. The standard InChI is InChI=1S/C21H25ClN2O3/c22-16-5-7-19(8-6-16)27-20-11-9-18(10-12-20)26-15-17-3-1-13-24(17)14-2-4-21(23)25/h5-12,17H,1-4,13-15H2,(H2,23,25). The Morgan fingerprint density at radius 1 is 1.07 bits per heavy atom. The Balaban J connectivity index is 1.46. The van der Waals surface area contributed by atoms with Gasteiger partial charge in [0.1, 0.15) is 23.9 Å². The van der Waals surface area contributed by atoms with E-state index in [0.717, 1.165) is 43.2 Å². The molecule has 144 valence electrons. The summed E-state index contributed by atoms with van der Waals surface area (Å²) in [6.45, 7) is 2.60. The van der Waals surface area contributed by atoms with E-state index < -0.39 is 0 Å². The predicted molar refractivity (Wildman–Crippen MR) is 106 cm³/mol. The van der Waals surface area contributed by atoms with Crippen LogP contribution in [0, 0.1) is 0 Å². The zero-order valence-corrected chi connectivity index (χ0v) is 16.0. The number of amides is 1. The number of hydrogen-bond acceptors (Lipinski definition) is 4. The van der Waals surface area contributed by atoms with Crippen LogP contribution in [0.2, 0.25) is 5.02 Å². The first kappa shape index (κ1) is 19.5. The highest BCUT2D eigenvalue weighted by Gasteiger charge is 2.24. The number of primary amides is 1. The minimum atomic E-state index is -0.233. The minimum Gasteiger partial charge on any atom is -0.492 e. The number of likely N-dealkylation sites (tertiary alicyclic amines) is 1. The number of carbonyl (C=O) groups excluding carboxylic acids is 1. The van der Waals surface area contributed by atoms with E-state index in [1.807, 2.05) is 36.4 Å². The molecule has 0 aliphatic carbocycles. The van der Waals surface area contributed by atoms with Crippen LogP contribution in [0.25, 0.3) is 0 Å². The Hall–Kier alpha value is -2.24. The normalized spacial score (nSPS) is 17.0. The molecule has 0 radical (unpaired) electrons. The fourth-order valence-corrected chi connectivity index (χ4v) is 3.40. The summed E-state index contributed by atoms with van der Waals surface area (Å²) in [5.74, 6) is 2.08. The maximum atomic E-state index is 10.9. The Bertz CT molecular complexity index is 734. The number of ether oxygens (including phenoxy) is 2. The molecule has 3 rings (SSSR count). The molecule has 2 aromatic carbocycles. The van der Waals surface area contributed by atoms with Crippen LogP contribution in [0.15, 0.2) is 48.5 Å². The maximum absolute atomic E-state index is 10.9. The fourth-order valence-electron chi connectivity index (χ4n) is 3.27. The Labute approximate surface area is 165 Å². The summed E-state index contributed by atoms with van der Waals surface area (Å²) >= 11 is 5.88. The van der Waals surface area contributed by atoms with E-state index in [0.29, 0.717) is 24.1 Å². The number of nitrogens with two attached hydrogens (primary N) is 1. The zero-order chi connectivity index (χ0) is 19.1. The quantitative estimate of drug-likeness (QED) is 0.697. The van der Waals surface area contributed by atoms with Crippen LogP contribution in [-0.2, 0) is 4.79 Å². The number of hydrogen-bond donors (Lipinski definition) is 1. The minimum absolute atomic E-state index is 0.233. The van der Waals surface area contributed by atoms with Crippen LogP contribution in [0.3, 0.4) is 0 Å². The van der Waals surface area contributed by atoms with Crippen molar-refractivity contribution in [3.8, 4) is 17.2 Å². The Kier molecular flexibility index (Phi) is 6.96. The van der Waals surface area contributed by atoms with Gasteiger partial charge in [-0.25, -0.2) is 0 Å². The molecule has 2 N–H and O–H groups in total. The molecule has 1 unspecified atom stereocenters. The second kappa shape index (κ2) is 9.62. The van der Waals surface area contributed by atoms with E-state index in [4.69, 9.17) is 26.8 Å².